The van der Waals surface area contributed by atoms with Crippen molar-refractivity contribution in [2.24, 2.45) is 5.92 Å². The third kappa shape index (κ3) is 5.31. The Bertz CT molecular complexity index is 434. The van der Waals surface area contributed by atoms with Gasteiger partial charge in [-0.05, 0) is 47.3 Å². The zero-order chi connectivity index (χ0) is 14.4. The first kappa shape index (κ1) is 16.2. The van der Waals surface area contributed by atoms with Crippen molar-refractivity contribution in [1.29, 1.82) is 0 Å². The number of halogens is 2. The SMILES string of the molecule is CC(C)CCCC(C)NC(=O)c1cccc(F)c1Br. The molecule has 0 aliphatic heterocycles. The molecule has 19 heavy (non-hydrogen) atoms. The van der Waals surface area contributed by atoms with Crippen molar-refractivity contribution in [3.8, 4) is 0 Å². The highest BCUT2D eigenvalue weighted by molar-refractivity contribution is 9.10. The van der Waals surface area contributed by atoms with E-state index in [-0.39, 0.29) is 16.4 Å². The lowest BCUT2D eigenvalue weighted by Gasteiger charge is -2.15. The molecule has 1 rings (SSSR count). The van der Waals surface area contributed by atoms with Gasteiger partial charge in [-0.25, -0.2) is 4.39 Å². The van der Waals surface area contributed by atoms with Gasteiger partial charge in [0.25, 0.3) is 5.91 Å². The van der Waals surface area contributed by atoms with Gasteiger partial charge in [0.15, 0.2) is 0 Å². The Morgan fingerprint density at radius 1 is 1.32 bits per heavy atom. The summed E-state index contributed by atoms with van der Waals surface area (Å²) in [6, 6.07) is 4.58. The zero-order valence-electron chi connectivity index (χ0n) is 11.7. The molecule has 0 spiro atoms. The van der Waals surface area contributed by atoms with Gasteiger partial charge in [-0.2, -0.15) is 0 Å². The van der Waals surface area contributed by atoms with Gasteiger partial charge in [-0.15, -0.1) is 0 Å². The highest BCUT2D eigenvalue weighted by Gasteiger charge is 2.14. The number of nitrogens with one attached hydrogen (secondary N) is 1. The van der Waals surface area contributed by atoms with Crippen LogP contribution in [0.3, 0.4) is 0 Å². The van der Waals surface area contributed by atoms with Crippen LogP contribution in [0.15, 0.2) is 22.7 Å². The van der Waals surface area contributed by atoms with Crippen LogP contribution >= 0.6 is 15.9 Å². The van der Waals surface area contributed by atoms with Crippen molar-refractivity contribution in [2.75, 3.05) is 0 Å². The van der Waals surface area contributed by atoms with Crippen LogP contribution in [0.25, 0.3) is 0 Å². The maximum Gasteiger partial charge on any atom is 0.252 e. The summed E-state index contributed by atoms with van der Waals surface area (Å²) in [4.78, 5) is 12.0. The molecule has 0 fully saturated rings. The Morgan fingerprint density at radius 3 is 2.63 bits per heavy atom. The molecule has 1 atom stereocenters. The van der Waals surface area contributed by atoms with Gasteiger partial charge >= 0.3 is 0 Å². The van der Waals surface area contributed by atoms with Crippen LogP contribution in [0.4, 0.5) is 4.39 Å². The molecule has 0 radical (unpaired) electrons. The number of amides is 1. The maximum absolute atomic E-state index is 13.3. The number of benzene rings is 1. The Hall–Kier alpha value is -0.900. The Kier molecular flexibility index (Phi) is 6.49. The first-order valence-electron chi connectivity index (χ1n) is 6.66. The van der Waals surface area contributed by atoms with Crippen molar-refractivity contribution in [2.45, 2.75) is 46.1 Å². The molecule has 106 valence electrons. The average Bonchev–Trinajstić information content (AvgIpc) is 2.31. The quantitative estimate of drug-likeness (QED) is 0.816. The fourth-order valence-electron chi connectivity index (χ4n) is 1.89. The molecule has 0 heterocycles. The number of carbonyl (C=O) groups excluding carboxylic acids is 1. The molecule has 0 saturated carbocycles. The van der Waals surface area contributed by atoms with Gasteiger partial charge in [0.2, 0.25) is 0 Å². The van der Waals surface area contributed by atoms with E-state index in [4.69, 9.17) is 0 Å². The summed E-state index contributed by atoms with van der Waals surface area (Å²) >= 11 is 3.11. The van der Waals surface area contributed by atoms with Gasteiger partial charge < -0.3 is 5.32 Å². The van der Waals surface area contributed by atoms with Gasteiger partial charge in [0.1, 0.15) is 5.82 Å². The molecule has 0 bridgehead atoms. The largest absolute Gasteiger partial charge is 0.350 e. The molecule has 4 heteroatoms. The number of rotatable bonds is 6. The molecule has 1 unspecified atom stereocenters. The highest BCUT2D eigenvalue weighted by Crippen LogP contribution is 2.20. The molecule has 0 aliphatic carbocycles. The van der Waals surface area contributed by atoms with Crippen molar-refractivity contribution in [3.63, 3.8) is 0 Å². The predicted molar refractivity (Wildman–Crippen MR) is 79.7 cm³/mol. The van der Waals surface area contributed by atoms with E-state index in [1.54, 1.807) is 12.1 Å². The molecular formula is C15H21BrFNO. The van der Waals surface area contributed by atoms with Crippen LogP contribution in [-0.2, 0) is 0 Å². The van der Waals surface area contributed by atoms with Gasteiger partial charge in [0.05, 0.1) is 10.0 Å². The normalized spacial score (nSPS) is 12.5. The summed E-state index contributed by atoms with van der Waals surface area (Å²) in [6.45, 7) is 6.35. The topological polar surface area (TPSA) is 29.1 Å². The summed E-state index contributed by atoms with van der Waals surface area (Å²) < 4.78 is 13.6. The lowest BCUT2D eigenvalue weighted by Crippen LogP contribution is -2.32. The average molecular weight is 330 g/mol. The van der Waals surface area contributed by atoms with Crippen LogP contribution in [0, 0.1) is 11.7 Å². The summed E-state index contributed by atoms with van der Waals surface area (Å²) in [7, 11) is 0. The minimum absolute atomic E-state index is 0.0985. The van der Waals surface area contributed by atoms with Crippen LogP contribution in [-0.4, -0.2) is 11.9 Å². The molecule has 1 aromatic carbocycles. The van der Waals surface area contributed by atoms with Crippen molar-refractivity contribution in [1.82, 2.24) is 5.32 Å². The van der Waals surface area contributed by atoms with E-state index >= 15 is 0 Å². The van der Waals surface area contributed by atoms with E-state index < -0.39 is 5.82 Å². The third-order valence-electron chi connectivity index (χ3n) is 2.99. The fourth-order valence-corrected chi connectivity index (χ4v) is 2.33. The second kappa shape index (κ2) is 7.63. The number of carbonyl (C=O) groups is 1. The molecule has 0 aromatic heterocycles. The van der Waals surface area contributed by atoms with Crippen molar-refractivity contribution in [3.05, 3.63) is 34.1 Å². The molecule has 1 amide bonds. The predicted octanol–water partition coefficient (Wildman–Crippen LogP) is 4.53. The van der Waals surface area contributed by atoms with Crippen LogP contribution in [0.1, 0.15) is 50.4 Å². The maximum atomic E-state index is 13.3. The Balaban J connectivity index is 2.52. The fraction of sp³-hybridized carbons (Fsp3) is 0.533. The van der Waals surface area contributed by atoms with Gasteiger partial charge in [-0.1, -0.05) is 32.8 Å². The molecular weight excluding hydrogens is 309 g/mol. The van der Waals surface area contributed by atoms with E-state index in [0.717, 1.165) is 19.3 Å². The summed E-state index contributed by atoms with van der Waals surface area (Å²) in [5, 5.41) is 2.90. The van der Waals surface area contributed by atoms with E-state index in [1.165, 1.54) is 6.07 Å². The second-order valence-electron chi connectivity index (χ2n) is 5.30. The summed E-state index contributed by atoms with van der Waals surface area (Å²) in [6.07, 6.45) is 3.18. The van der Waals surface area contributed by atoms with Crippen LogP contribution in [0.5, 0.6) is 0 Å². The smallest absolute Gasteiger partial charge is 0.252 e. The lowest BCUT2D eigenvalue weighted by molar-refractivity contribution is 0.0936. The highest BCUT2D eigenvalue weighted by atomic mass is 79.9. The van der Waals surface area contributed by atoms with Crippen LogP contribution < -0.4 is 5.32 Å². The van der Waals surface area contributed by atoms with E-state index in [1.807, 2.05) is 6.92 Å². The molecule has 0 aliphatic rings. The second-order valence-corrected chi connectivity index (χ2v) is 6.09. The monoisotopic (exact) mass is 329 g/mol. The van der Waals surface area contributed by atoms with E-state index in [9.17, 15) is 9.18 Å². The van der Waals surface area contributed by atoms with Crippen LogP contribution in [0.2, 0.25) is 0 Å². The van der Waals surface area contributed by atoms with Crippen molar-refractivity contribution >= 4 is 21.8 Å². The van der Waals surface area contributed by atoms with Crippen molar-refractivity contribution < 1.29 is 9.18 Å². The molecule has 0 saturated heterocycles. The molecule has 1 N–H and O–H groups in total. The third-order valence-corrected chi connectivity index (χ3v) is 3.80. The summed E-state index contributed by atoms with van der Waals surface area (Å²) in [5.41, 5.74) is 0.343. The van der Waals surface area contributed by atoms with Gasteiger partial charge in [0, 0.05) is 6.04 Å². The molecule has 2 nitrogen and oxygen atoms in total. The Morgan fingerprint density at radius 2 is 2.00 bits per heavy atom. The summed E-state index contributed by atoms with van der Waals surface area (Å²) in [5.74, 6) is 0.0313. The standard InChI is InChI=1S/C15H21BrFNO/c1-10(2)6-4-7-11(3)18-15(19)12-8-5-9-13(17)14(12)16/h5,8-11H,4,6-7H2,1-3H3,(H,18,19). The first-order valence-corrected chi connectivity index (χ1v) is 7.46. The van der Waals surface area contributed by atoms with E-state index in [0.29, 0.717) is 11.5 Å². The Labute approximate surface area is 122 Å². The molecule has 1 aromatic rings. The number of hydrogen-bond acceptors (Lipinski definition) is 1. The minimum atomic E-state index is -0.417. The minimum Gasteiger partial charge on any atom is -0.350 e. The van der Waals surface area contributed by atoms with Gasteiger partial charge in [-0.3, -0.25) is 4.79 Å². The number of hydrogen-bond donors (Lipinski definition) is 1. The first-order chi connectivity index (χ1) is 8.91. The lowest BCUT2D eigenvalue weighted by atomic mass is 10.0. The van der Waals surface area contributed by atoms with E-state index in [2.05, 4.69) is 35.1 Å². The zero-order valence-corrected chi connectivity index (χ0v) is 13.3.